The van der Waals surface area contributed by atoms with Gasteiger partial charge in [-0.1, -0.05) is 47.0 Å². The molecule has 2 unspecified atom stereocenters. The van der Waals surface area contributed by atoms with Crippen molar-refractivity contribution in [1.29, 1.82) is 0 Å². The molecule has 0 heterocycles. The standard InChI is InChI=1S/C26H46O/c1-17(2)6-5-7-18(3)21-10-11-23-22(21)12-13-25-24(23)9-8-19-16-20(27)14-15-26(19,25)4/h17-25,27H,5-16H2,1-4H3/t18-,19+,20+,21-,22?,23-,24+,25?,26+/m1/s1. The Kier molecular flexibility index (Phi) is 6.00. The summed E-state index contributed by atoms with van der Waals surface area (Å²) in [4.78, 5) is 0. The van der Waals surface area contributed by atoms with Gasteiger partial charge in [-0.05, 0) is 111 Å². The Morgan fingerprint density at radius 2 is 1.59 bits per heavy atom. The molecule has 0 amide bonds. The number of aliphatic hydroxyl groups excluding tert-OH is 1. The average Bonchev–Trinajstić information content (AvgIpc) is 3.06. The van der Waals surface area contributed by atoms with Gasteiger partial charge in [0, 0.05) is 0 Å². The highest BCUT2D eigenvalue weighted by Gasteiger charge is 2.56. The molecule has 4 rings (SSSR count). The first-order valence-electron chi connectivity index (χ1n) is 12.6. The van der Waals surface area contributed by atoms with Gasteiger partial charge in [0.25, 0.3) is 0 Å². The summed E-state index contributed by atoms with van der Waals surface area (Å²) in [6.07, 6.45) is 16.8. The molecule has 4 aliphatic rings. The van der Waals surface area contributed by atoms with Crippen molar-refractivity contribution in [3.8, 4) is 0 Å². The summed E-state index contributed by atoms with van der Waals surface area (Å²) in [7, 11) is 0. The maximum absolute atomic E-state index is 10.2. The fourth-order valence-corrected chi connectivity index (χ4v) is 8.70. The Morgan fingerprint density at radius 3 is 2.37 bits per heavy atom. The van der Waals surface area contributed by atoms with Crippen LogP contribution < -0.4 is 0 Å². The third kappa shape index (κ3) is 3.76. The quantitative estimate of drug-likeness (QED) is 0.545. The second-order valence-corrected chi connectivity index (χ2v) is 11.9. The first kappa shape index (κ1) is 20.2. The minimum Gasteiger partial charge on any atom is -0.393 e. The summed E-state index contributed by atoms with van der Waals surface area (Å²) in [6.45, 7) is 9.96. The van der Waals surface area contributed by atoms with E-state index in [9.17, 15) is 5.11 Å². The second kappa shape index (κ2) is 8.00. The Morgan fingerprint density at radius 1 is 0.852 bits per heavy atom. The summed E-state index contributed by atoms with van der Waals surface area (Å²) >= 11 is 0. The Labute approximate surface area is 169 Å². The summed E-state index contributed by atoms with van der Waals surface area (Å²) in [5, 5.41) is 10.2. The van der Waals surface area contributed by atoms with Crippen LogP contribution in [-0.4, -0.2) is 11.2 Å². The van der Waals surface area contributed by atoms with Crippen LogP contribution in [0, 0.1) is 52.8 Å². The first-order chi connectivity index (χ1) is 12.9. The lowest BCUT2D eigenvalue weighted by Crippen LogP contribution is -2.52. The van der Waals surface area contributed by atoms with Crippen LogP contribution in [0.5, 0.6) is 0 Å². The van der Waals surface area contributed by atoms with Gasteiger partial charge in [0.1, 0.15) is 0 Å². The van der Waals surface area contributed by atoms with Gasteiger partial charge < -0.3 is 5.11 Å². The minimum absolute atomic E-state index is 0.00138. The van der Waals surface area contributed by atoms with Gasteiger partial charge in [-0.2, -0.15) is 0 Å². The van der Waals surface area contributed by atoms with Gasteiger partial charge in [0.05, 0.1) is 6.10 Å². The van der Waals surface area contributed by atoms with E-state index >= 15 is 0 Å². The highest BCUT2D eigenvalue weighted by molar-refractivity contribution is 5.06. The van der Waals surface area contributed by atoms with Crippen LogP contribution in [0.2, 0.25) is 0 Å². The van der Waals surface area contributed by atoms with Gasteiger partial charge in [-0.25, -0.2) is 0 Å². The predicted octanol–water partition coefficient (Wildman–Crippen LogP) is 7.08. The van der Waals surface area contributed by atoms with Crippen molar-refractivity contribution < 1.29 is 5.11 Å². The van der Waals surface area contributed by atoms with Crippen molar-refractivity contribution in [3.63, 3.8) is 0 Å². The smallest absolute Gasteiger partial charge is 0.0543 e. The van der Waals surface area contributed by atoms with E-state index in [0.717, 1.165) is 60.2 Å². The summed E-state index contributed by atoms with van der Waals surface area (Å²) in [5.41, 5.74) is 0.550. The van der Waals surface area contributed by atoms with E-state index < -0.39 is 0 Å². The monoisotopic (exact) mass is 374 g/mol. The second-order valence-electron chi connectivity index (χ2n) is 11.9. The van der Waals surface area contributed by atoms with Gasteiger partial charge in [-0.15, -0.1) is 0 Å². The number of fused-ring (bicyclic) bond motifs is 5. The molecule has 9 atom stereocenters. The molecule has 4 aliphatic carbocycles. The molecule has 0 aromatic rings. The maximum Gasteiger partial charge on any atom is 0.0543 e. The normalized spacial score (nSPS) is 48.0. The molecule has 0 aromatic heterocycles. The third-order valence-electron chi connectivity index (χ3n) is 10.2. The summed E-state index contributed by atoms with van der Waals surface area (Å²) < 4.78 is 0. The lowest BCUT2D eigenvalue weighted by atomic mass is 9.47. The lowest BCUT2D eigenvalue weighted by Gasteiger charge is -2.59. The van der Waals surface area contributed by atoms with Crippen molar-refractivity contribution in [2.24, 2.45) is 52.8 Å². The minimum atomic E-state index is -0.00138. The largest absolute Gasteiger partial charge is 0.393 e. The molecule has 1 nitrogen and oxygen atoms in total. The predicted molar refractivity (Wildman–Crippen MR) is 114 cm³/mol. The number of hydrogen-bond acceptors (Lipinski definition) is 1. The van der Waals surface area contributed by atoms with E-state index in [-0.39, 0.29) is 6.10 Å². The van der Waals surface area contributed by atoms with Gasteiger partial charge in [0.15, 0.2) is 0 Å². The molecule has 0 saturated heterocycles. The molecular formula is C26H46O. The molecule has 156 valence electrons. The van der Waals surface area contributed by atoms with E-state index in [1.807, 2.05) is 0 Å². The summed E-state index contributed by atoms with van der Waals surface area (Å²) in [6, 6.07) is 0. The zero-order valence-electron chi connectivity index (χ0n) is 18.6. The van der Waals surface area contributed by atoms with Crippen LogP contribution in [0.1, 0.15) is 105 Å². The highest BCUT2D eigenvalue weighted by Crippen LogP contribution is 2.64. The first-order valence-corrected chi connectivity index (χ1v) is 12.6. The van der Waals surface area contributed by atoms with Crippen LogP contribution in [-0.2, 0) is 0 Å². The van der Waals surface area contributed by atoms with Crippen molar-refractivity contribution in [2.75, 3.05) is 0 Å². The van der Waals surface area contributed by atoms with Crippen molar-refractivity contribution in [3.05, 3.63) is 0 Å². The van der Waals surface area contributed by atoms with Crippen molar-refractivity contribution >= 4 is 0 Å². The van der Waals surface area contributed by atoms with E-state index in [0.29, 0.717) is 5.41 Å². The highest BCUT2D eigenvalue weighted by atomic mass is 16.3. The Balaban J connectivity index is 1.40. The van der Waals surface area contributed by atoms with Crippen molar-refractivity contribution in [2.45, 2.75) is 111 Å². The fourth-order valence-electron chi connectivity index (χ4n) is 8.70. The van der Waals surface area contributed by atoms with Gasteiger partial charge in [-0.3, -0.25) is 0 Å². The van der Waals surface area contributed by atoms with Crippen LogP contribution in [0.3, 0.4) is 0 Å². The van der Waals surface area contributed by atoms with Crippen molar-refractivity contribution in [1.82, 2.24) is 0 Å². The van der Waals surface area contributed by atoms with Gasteiger partial charge >= 0.3 is 0 Å². The van der Waals surface area contributed by atoms with Crippen LogP contribution >= 0.6 is 0 Å². The van der Waals surface area contributed by atoms with E-state index in [4.69, 9.17) is 0 Å². The molecule has 0 aromatic carbocycles. The summed E-state index contributed by atoms with van der Waals surface area (Å²) in [5.74, 6) is 7.75. The van der Waals surface area contributed by atoms with Gasteiger partial charge in [0.2, 0.25) is 0 Å². The number of rotatable bonds is 5. The SMILES string of the molecule is CC(C)CCC[C@@H](C)[C@H]1CC[C@@H]2C1CCC1[C@H]2CC[C@H]2C[C@@H](O)CC[C@]12C. The number of aliphatic hydroxyl groups is 1. The van der Waals surface area contributed by atoms with E-state index in [1.165, 1.54) is 64.2 Å². The molecule has 1 N–H and O–H groups in total. The number of hydrogen-bond donors (Lipinski definition) is 1. The molecule has 0 aliphatic heterocycles. The zero-order valence-corrected chi connectivity index (χ0v) is 18.6. The lowest BCUT2D eigenvalue weighted by molar-refractivity contribution is -0.109. The molecule has 0 radical (unpaired) electrons. The van der Waals surface area contributed by atoms with Crippen LogP contribution in [0.15, 0.2) is 0 Å². The molecule has 27 heavy (non-hydrogen) atoms. The molecule has 0 spiro atoms. The van der Waals surface area contributed by atoms with E-state index in [2.05, 4.69) is 27.7 Å². The maximum atomic E-state index is 10.2. The Hall–Kier alpha value is -0.0400. The molecule has 4 fully saturated rings. The van der Waals surface area contributed by atoms with Crippen LogP contribution in [0.4, 0.5) is 0 Å². The zero-order chi connectivity index (χ0) is 19.2. The third-order valence-corrected chi connectivity index (χ3v) is 10.2. The Bertz CT molecular complexity index is 498. The molecule has 0 bridgehead atoms. The average molecular weight is 375 g/mol. The molecule has 1 heteroatoms. The van der Waals surface area contributed by atoms with Crippen LogP contribution in [0.25, 0.3) is 0 Å². The van der Waals surface area contributed by atoms with E-state index in [1.54, 1.807) is 0 Å². The molecule has 4 saturated carbocycles. The fraction of sp³-hybridized carbons (Fsp3) is 1.00. The topological polar surface area (TPSA) is 20.2 Å². The molecular weight excluding hydrogens is 328 g/mol.